The Morgan fingerprint density at radius 3 is 2.33 bits per heavy atom. The molecule has 3 aromatic rings. The van der Waals surface area contributed by atoms with E-state index in [4.69, 9.17) is 4.74 Å². The van der Waals surface area contributed by atoms with Gasteiger partial charge in [-0.1, -0.05) is 12.1 Å². The SMILES string of the molecule is COc1cc(C)c(S(=O)(=O)NCc2cc3ccc(C)cc3[nH]c2=O)c(C)c1. The van der Waals surface area contributed by atoms with Gasteiger partial charge in [-0.2, -0.15) is 0 Å². The highest BCUT2D eigenvalue weighted by Crippen LogP contribution is 2.25. The Morgan fingerprint density at radius 2 is 1.70 bits per heavy atom. The molecule has 0 amide bonds. The molecule has 0 aliphatic rings. The molecular formula is C20H22N2O4S. The summed E-state index contributed by atoms with van der Waals surface area (Å²) in [4.78, 5) is 15.3. The summed E-state index contributed by atoms with van der Waals surface area (Å²) in [6.07, 6.45) is 0. The van der Waals surface area contributed by atoms with Crippen LogP contribution in [0, 0.1) is 20.8 Å². The molecule has 0 aliphatic carbocycles. The number of aromatic amines is 1. The Bertz CT molecular complexity index is 1160. The summed E-state index contributed by atoms with van der Waals surface area (Å²) in [5.41, 5.74) is 2.99. The molecule has 3 rings (SSSR count). The highest BCUT2D eigenvalue weighted by atomic mass is 32.2. The molecule has 0 saturated heterocycles. The number of sulfonamides is 1. The number of pyridine rings is 1. The van der Waals surface area contributed by atoms with Crippen LogP contribution in [0.2, 0.25) is 0 Å². The number of fused-ring (bicyclic) bond motifs is 1. The van der Waals surface area contributed by atoms with Crippen molar-refractivity contribution < 1.29 is 13.2 Å². The largest absolute Gasteiger partial charge is 0.497 e. The highest BCUT2D eigenvalue weighted by molar-refractivity contribution is 7.89. The van der Waals surface area contributed by atoms with Crippen LogP contribution in [0.25, 0.3) is 10.9 Å². The Kier molecular flexibility index (Phi) is 5.08. The van der Waals surface area contributed by atoms with Crippen molar-refractivity contribution >= 4 is 20.9 Å². The fourth-order valence-corrected chi connectivity index (χ4v) is 4.64. The van der Waals surface area contributed by atoms with Crippen LogP contribution in [0.15, 0.2) is 46.1 Å². The molecule has 1 heterocycles. The van der Waals surface area contributed by atoms with Crippen molar-refractivity contribution in [2.24, 2.45) is 0 Å². The van der Waals surface area contributed by atoms with Crippen LogP contribution in [0.1, 0.15) is 22.3 Å². The Labute approximate surface area is 158 Å². The quantitative estimate of drug-likeness (QED) is 0.706. The number of aromatic nitrogens is 1. The van der Waals surface area contributed by atoms with Crippen molar-refractivity contribution in [3.8, 4) is 5.75 Å². The number of ether oxygens (including phenoxy) is 1. The van der Waals surface area contributed by atoms with Crippen LogP contribution < -0.4 is 15.0 Å². The average Bonchev–Trinajstić information content (AvgIpc) is 2.59. The fourth-order valence-electron chi connectivity index (χ4n) is 3.19. The van der Waals surface area contributed by atoms with Crippen molar-refractivity contribution in [2.45, 2.75) is 32.2 Å². The molecular weight excluding hydrogens is 364 g/mol. The number of rotatable bonds is 5. The molecule has 2 aromatic carbocycles. The zero-order valence-electron chi connectivity index (χ0n) is 15.7. The van der Waals surface area contributed by atoms with Crippen molar-refractivity contribution in [1.82, 2.24) is 9.71 Å². The summed E-state index contributed by atoms with van der Waals surface area (Å²) < 4.78 is 33.3. The van der Waals surface area contributed by atoms with Crippen LogP contribution in [-0.4, -0.2) is 20.5 Å². The fraction of sp³-hybridized carbons (Fsp3) is 0.250. The second-order valence-corrected chi connectivity index (χ2v) is 8.33. The van der Waals surface area contributed by atoms with Gasteiger partial charge in [-0.15, -0.1) is 0 Å². The van der Waals surface area contributed by atoms with Crippen molar-refractivity contribution in [3.63, 3.8) is 0 Å². The van der Waals surface area contributed by atoms with Gasteiger partial charge < -0.3 is 9.72 Å². The predicted octanol–water partition coefficient (Wildman–Crippen LogP) is 2.94. The molecule has 0 fully saturated rings. The molecule has 2 N–H and O–H groups in total. The number of hydrogen-bond acceptors (Lipinski definition) is 4. The van der Waals surface area contributed by atoms with E-state index in [0.717, 1.165) is 16.5 Å². The first-order valence-corrected chi connectivity index (χ1v) is 9.97. The zero-order valence-corrected chi connectivity index (χ0v) is 16.5. The van der Waals surface area contributed by atoms with Gasteiger partial charge in [0.1, 0.15) is 5.75 Å². The second-order valence-electron chi connectivity index (χ2n) is 6.63. The summed E-state index contributed by atoms with van der Waals surface area (Å²) in [5, 5.41) is 0.853. The molecule has 142 valence electrons. The molecule has 0 saturated carbocycles. The summed E-state index contributed by atoms with van der Waals surface area (Å²) in [5.74, 6) is 0.602. The first-order chi connectivity index (χ1) is 12.7. The van der Waals surface area contributed by atoms with Crippen LogP contribution in [0.3, 0.4) is 0 Å². The van der Waals surface area contributed by atoms with E-state index in [2.05, 4.69) is 9.71 Å². The number of nitrogens with one attached hydrogen (secondary N) is 2. The highest BCUT2D eigenvalue weighted by Gasteiger charge is 2.21. The number of methoxy groups -OCH3 is 1. The topological polar surface area (TPSA) is 88.3 Å². The Hall–Kier alpha value is -2.64. The van der Waals surface area contributed by atoms with E-state index in [9.17, 15) is 13.2 Å². The third-order valence-corrected chi connectivity index (χ3v) is 6.18. The third-order valence-electron chi connectivity index (χ3n) is 4.47. The lowest BCUT2D eigenvalue weighted by Crippen LogP contribution is -2.28. The number of hydrogen-bond donors (Lipinski definition) is 2. The Balaban J connectivity index is 1.92. The molecule has 0 aliphatic heterocycles. The minimum Gasteiger partial charge on any atom is -0.497 e. The van der Waals surface area contributed by atoms with Gasteiger partial charge >= 0.3 is 0 Å². The van der Waals surface area contributed by atoms with E-state index in [-0.39, 0.29) is 17.0 Å². The first-order valence-electron chi connectivity index (χ1n) is 8.49. The lowest BCUT2D eigenvalue weighted by molar-refractivity contribution is 0.413. The molecule has 0 atom stereocenters. The monoisotopic (exact) mass is 386 g/mol. The minimum absolute atomic E-state index is 0.0909. The Morgan fingerprint density at radius 1 is 1.04 bits per heavy atom. The van der Waals surface area contributed by atoms with E-state index in [1.807, 2.05) is 25.1 Å². The van der Waals surface area contributed by atoms with Crippen LogP contribution in [-0.2, 0) is 16.6 Å². The van der Waals surface area contributed by atoms with Gasteiger partial charge in [-0.25, -0.2) is 13.1 Å². The molecule has 0 spiro atoms. The van der Waals surface area contributed by atoms with Gasteiger partial charge in [0.15, 0.2) is 0 Å². The van der Waals surface area contributed by atoms with Crippen molar-refractivity contribution in [2.75, 3.05) is 7.11 Å². The second kappa shape index (κ2) is 7.17. The lowest BCUT2D eigenvalue weighted by atomic mass is 10.1. The minimum atomic E-state index is -3.78. The molecule has 0 unspecified atom stereocenters. The maximum atomic E-state index is 12.8. The normalized spacial score (nSPS) is 11.7. The van der Waals surface area contributed by atoms with E-state index in [1.54, 1.807) is 32.0 Å². The maximum absolute atomic E-state index is 12.8. The van der Waals surface area contributed by atoms with E-state index < -0.39 is 10.0 Å². The van der Waals surface area contributed by atoms with Gasteiger partial charge in [0.05, 0.1) is 12.0 Å². The molecule has 0 bridgehead atoms. The molecule has 0 radical (unpaired) electrons. The zero-order chi connectivity index (χ0) is 19.8. The van der Waals surface area contributed by atoms with Gasteiger partial charge in [-0.3, -0.25) is 4.79 Å². The average molecular weight is 386 g/mol. The standard InChI is InChI=1S/C20H22N2O4S/c1-12-5-6-15-10-16(20(23)22-18(15)7-12)11-21-27(24,25)19-13(2)8-17(26-4)9-14(19)3/h5-10,21H,11H2,1-4H3,(H,22,23). The summed E-state index contributed by atoms with van der Waals surface area (Å²) in [7, 11) is -2.24. The van der Waals surface area contributed by atoms with Crippen molar-refractivity contribution in [1.29, 1.82) is 0 Å². The van der Waals surface area contributed by atoms with Crippen LogP contribution in [0.5, 0.6) is 5.75 Å². The maximum Gasteiger partial charge on any atom is 0.252 e. The molecule has 7 heteroatoms. The van der Waals surface area contributed by atoms with Gasteiger partial charge in [0.25, 0.3) is 5.56 Å². The predicted molar refractivity (Wildman–Crippen MR) is 106 cm³/mol. The van der Waals surface area contributed by atoms with Crippen molar-refractivity contribution in [3.05, 3.63) is 69.0 Å². The van der Waals surface area contributed by atoms with E-state index >= 15 is 0 Å². The lowest BCUT2D eigenvalue weighted by Gasteiger charge is -2.14. The van der Waals surface area contributed by atoms with E-state index in [1.165, 1.54) is 7.11 Å². The first kappa shape index (κ1) is 19.1. The summed E-state index contributed by atoms with van der Waals surface area (Å²) in [6, 6.07) is 10.8. The number of aryl methyl sites for hydroxylation is 3. The smallest absolute Gasteiger partial charge is 0.252 e. The number of H-pyrrole nitrogens is 1. The van der Waals surface area contributed by atoms with Gasteiger partial charge in [0.2, 0.25) is 10.0 Å². The molecule has 1 aromatic heterocycles. The summed E-state index contributed by atoms with van der Waals surface area (Å²) in [6.45, 7) is 5.29. The van der Waals surface area contributed by atoms with Gasteiger partial charge in [0, 0.05) is 17.6 Å². The van der Waals surface area contributed by atoms with Gasteiger partial charge in [-0.05, 0) is 67.1 Å². The van der Waals surface area contributed by atoms with Crippen LogP contribution >= 0.6 is 0 Å². The summed E-state index contributed by atoms with van der Waals surface area (Å²) >= 11 is 0. The third kappa shape index (κ3) is 3.89. The molecule has 6 nitrogen and oxygen atoms in total. The molecule has 27 heavy (non-hydrogen) atoms. The van der Waals surface area contributed by atoms with Crippen LogP contribution in [0.4, 0.5) is 0 Å². The number of benzene rings is 2. The van der Waals surface area contributed by atoms with E-state index in [0.29, 0.717) is 22.4 Å².